The molecule has 0 aliphatic heterocycles. The first-order valence-corrected chi connectivity index (χ1v) is 5.25. The third kappa shape index (κ3) is 11.3. The average Bonchev–Trinajstić information content (AvgIpc) is 2.26. The van der Waals surface area contributed by atoms with E-state index in [0.717, 1.165) is 13.0 Å². The van der Waals surface area contributed by atoms with Crippen LogP contribution >= 0.6 is 0 Å². The Labute approximate surface area is 91.1 Å². The van der Waals surface area contributed by atoms with Gasteiger partial charge in [0, 0.05) is 13.7 Å². The fourth-order valence-electron chi connectivity index (χ4n) is 0.821. The van der Waals surface area contributed by atoms with E-state index in [1.165, 1.54) is 0 Å². The van der Waals surface area contributed by atoms with Gasteiger partial charge in [-0.3, -0.25) is 4.79 Å². The van der Waals surface area contributed by atoms with E-state index in [1.54, 1.807) is 7.05 Å². The molecule has 15 heavy (non-hydrogen) atoms. The van der Waals surface area contributed by atoms with Crippen molar-refractivity contribution in [1.82, 2.24) is 5.32 Å². The summed E-state index contributed by atoms with van der Waals surface area (Å²) >= 11 is 0. The molecule has 1 amide bonds. The lowest BCUT2D eigenvalue weighted by atomic mass is 10.5. The van der Waals surface area contributed by atoms with Crippen LogP contribution in [-0.4, -0.2) is 52.6 Å². The topological polar surface area (TPSA) is 56.8 Å². The molecular weight excluding hydrogens is 198 g/mol. The molecule has 0 heterocycles. The smallest absolute Gasteiger partial charge is 0.245 e. The highest BCUT2D eigenvalue weighted by atomic mass is 16.5. The third-order valence-electron chi connectivity index (χ3n) is 1.60. The summed E-state index contributed by atoms with van der Waals surface area (Å²) in [5.74, 6) is -0.124. The maximum Gasteiger partial charge on any atom is 0.245 e. The summed E-state index contributed by atoms with van der Waals surface area (Å²) in [5, 5.41) is 2.47. The van der Waals surface area contributed by atoms with Crippen LogP contribution in [0, 0.1) is 0 Å². The Hall–Kier alpha value is -0.650. The Kier molecular flexibility index (Phi) is 10.9. The number of carbonyl (C=O) groups is 1. The Morgan fingerprint density at radius 1 is 1.00 bits per heavy atom. The van der Waals surface area contributed by atoms with Crippen LogP contribution in [0.4, 0.5) is 0 Å². The van der Waals surface area contributed by atoms with Crippen molar-refractivity contribution >= 4 is 5.91 Å². The molecule has 0 fully saturated rings. The fourth-order valence-corrected chi connectivity index (χ4v) is 0.821. The Bertz CT molecular complexity index is 152. The minimum atomic E-state index is -0.124. The van der Waals surface area contributed by atoms with Crippen molar-refractivity contribution in [3.63, 3.8) is 0 Å². The molecule has 5 heteroatoms. The highest BCUT2D eigenvalue weighted by Gasteiger charge is 1.96. The molecule has 0 bridgehead atoms. The molecule has 0 aliphatic rings. The van der Waals surface area contributed by atoms with E-state index in [0.29, 0.717) is 26.4 Å². The van der Waals surface area contributed by atoms with Crippen molar-refractivity contribution in [2.24, 2.45) is 0 Å². The second-order valence-electron chi connectivity index (χ2n) is 2.95. The predicted octanol–water partition coefficient (Wildman–Crippen LogP) is 0.192. The molecular formula is C10H21NO4. The van der Waals surface area contributed by atoms with Crippen LogP contribution in [0.25, 0.3) is 0 Å². The molecule has 5 nitrogen and oxygen atoms in total. The van der Waals surface area contributed by atoms with E-state index in [2.05, 4.69) is 12.2 Å². The first-order valence-electron chi connectivity index (χ1n) is 5.25. The number of hydrogen-bond donors (Lipinski definition) is 1. The Morgan fingerprint density at radius 3 is 2.07 bits per heavy atom. The second-order valence-corrected chi connectivity index (χ2v) is 2.95. The minimum Gasteiger partial charge on any atom is -0.379 e. The van der Waals surface area contributed by atoms with Gasteiger partial charge in [-0.2, -0.15) is 0 Å². The molecule has 90 valence electrons. The standard InChI is InChI=1S/C10H21NO4/c1-3-4-13-5-6-14-7-8-15-9-10(12)11-2/h3-9H2,1-2H3,(H,11,12). The van der Waals surface area contributed by atoms with Gasteiger partial charge in [0.15, 0.2) is 0 Å². The van der Waals surface area contributed by atoms with Gasteiger partial charge < -0.3 is 19.5 Å². The van der Waals surface area contributed by atoms with Gasteiger partial charge in [-0.05, 0) is 6.42 Å². The summed E-state index contributed by atoms with van der Waals surface area (Å²) in [7, 11) is 1.58. The largest absolute Gasteiger partial charge is 0.379 e. The molecule has 0 radical (unpaired) electrons. The van der Waals surface area contributed by atoms with Crippen molar-refractivity contribution in [2.45, 2.75) is 13.3 Å². The second kappa shape index (κ2) is 11.4. The predicted molar refractivity (Wildman–Crippen MR) is 56.8 cm³/mol. The molecule has 1 N–H and O–H groups in total. The lowest BCUT2D eigenvalue weighted by Crippen LogP contribution is -2.24. The molecule has 0 spiro atoms. The fraction of sp³-hybridized carbons (Fsp3) is 0.900. The number of likely N-dealkylation sites (N-methyl/N-ethyl adjacent to an activating group) is 1. The highest BCUT2D eigenvalue weighted by molar-refractivity contribution is 5.76. The van der Waals surface area contributed by atoms with Crippen LogP contribution in [0.3, 0.4) is 0 Å². The maximum absolute atomic E-state index is 10.7. The SMILES string of the molecule is CCCOCCOCCOCC(=O)NC. The van der Waals surface area contributed by atoms with E-state index in [9.17, 15) is 4.79 Å². The van der Waals surface area contributed by atoms with Gasteiger partial charge in [0.1, 0.15) is 6.61 Å². The summed E-state index contributed by atoms with van der Waals surface area (Å²) in [6, 6.07) is 0. The van der Waals surface area contributed by atoms with Crippen LogP contribution < -0.4 is 5.32 Å². The molecule has 0 aliphatic carbocycles. The van der Waals surface area contributed by atoms with E-state index in [4.69, 9.17) is 14.2 Å². The molecule has 0 saturated heterocycles. The molecule has 0 atom stereocenters. The van der Waals surface area contributed by atoms with Crippen LogP contribution in [-0.2, 0) is 19.0 Å². The van der Waals surface area contributed by atoms with Crippen LogP contribution in [0.2, 0.25) is 0 Å². The van der Waals surface area contributed by atoms with E-state index in [1.807, 2.05) is 0 Å². The highest BCUT2D eigenvalue weighted by Crippen LogP contribution is 1.83. The lowest BCUT2D eigenvalue weighted by Gasteiger charge is -2.05. The summed E-state index contributed by atoms with van der Waals surface area (Å²) in [6.45, 7) is 5.04. The van der Waals surface area contributed by atoms with Gasteiger partial charge in [0.05, 0.1) is 26.4 Å². The number of nitrogens with one attached hydrogen (secondary N) is 1. The zero-order valence-corrected chi connectivity index (χ0v) is 9.58. The van der Waals surface area contributed by atoms with Crippen LogP contribution in [0.1, 0.15) is 13.3 Å². The lowest BCUT2D eigenvalue weighted by molar-refractivity contribution is -0.125. The number of ether oxygens (including phenoxy) is 3. The summed E-state index contributed by atoms with van der Waals surface area (Å²) in [5.41, 5.74) is 0. The number of rotatable bonds is 10. The van der Waals surface area contributed by atoms with Crippen molar-refractivity contribution in [3.8, 4) is 0 Å². The van der Waals surface area contributed by atoms with Crippen molar-refractivity contribution in [2.75, 3.05) is 46.7 Å². The molecule has 0 aromatic rings. The monoisotopic (exact) mass is 219 g/mol. The van der Waals surface area contributed by atoms with Gasteiger partial charge in [0.2, 0.25) is 5.91 Å². The first kappa shape index (κ1) is 14.3. The minimum absolute atomic E-state index is 0.0895. The van der Waals surface area contributed by atoms with E-state index >= 15 is 0 Å². The van der Waals surface area contributed by atoms with Crippen molar-refractivity contribution in [3.05, 3.63) is 0 Å². The van der Waals surface area contributed by atoms with E-state index < -0.39 is 0 Å². The normalized spacial score (nSPS) is 10.3. The zero-order chi connectivity index (χ0) is 11.4. The average molecular weight is 219 g/mol. The number of amides is 1. The molecule has 0 rings (SSSR count). The molecule has 0 saturated carbocycles. The number of carbonyl (C=O) groups excluding carboxylic acids is 1. The van der Waals surface area contributed by atoms with Gasteiger partial charge in [-0.25, -0.2) is 0 Å². The Morgan fingerprint density at radius 2 is 1.53 bits per heavy atom. The zero-order valence-electron chi connectivity index (χ0n) is 9.58. The summed E-state index contributed by atoms with van der Waals surface area (Å²) < 4.78 is 15.5. The van der Waals surface area contributed by atoms with Crippen LogP contribution in [0.15, 0.2) is 0 Å². The molecule has 0 aromatic heterocycles. The maximum atomic E-state index is 10.7. The van der Waals surface area contributed by atoms with Crippen LogP contribution in [0.5, 0.6) is 0 Å². The molecule has 0 aromatic carbocycles. The summed E-state index contributed by atoms with van der Waals surface area (Å²) in [6.07, 6.45) is 1.02. The van der Waals surface area contributed by atoms with E-state index in [-0.39, 0.29) is 12.5 Å². The first-order chi connectivity index (χ1) is 7.31. The van der Waals surface area contributed by atoms with Crippen molar-refractivity contribution in [1.29, 1.82) is 0 Å². The Balaban J connectivity index is 2.95. The van der Waals surface area contributed by atoms with Gasteiger partial charge in [0.25, 0.3) is 0 Å². The third-order valence-corrected chi connectivity index (χ3v) is 1.60. The van der Waals surface area contributed by atoms with Gasteiger partial charge in [-0.1, -0.05) is 6.92 Å². The summed E-state index contributed by atoms with van der Waals surface area (Å²) in [4.78, 5) is 10.7. The van der Waals surface area contributed by atoms with Gasteiger partial charge in [-0.15, -0.1) is 0 Å². The van der Waals surface area contributed by atoms with Gasteiger partial charge >= 0.3 is 0 Å². The molecule has 0 unspecified atom stereocenters. The van der Waals surface area contributed by atoms with Crippen molar-refractivity contribution < 1.29 is 19.0 Å². The quantitative estimate of drug-likeness (QED) is 0.533. The number of hydrogen-bond acceptors (Lipinski definition) is 4.